The highest BCUT2D eigenvalue weighted by Gasteiger charge is 2.40. The van der Waals surface area contributed by atoms with Gasteiger partial charge in [0.05, 0.1) is 28.3 Å². The van der Waals surface area contributed by atoms with Crippen molar-refractivity contribution in [2.45, 2.75) is 89.8 Å². The number of ether oxygens (including phenoxy) is 1. The van der Waals surface area contributed by atoms with Gasteiger partial charge in [0, 0.05) is 31.4 Å². The second-order valence-electron chi connectivity index (χ2n) is 10.8. The van der Waals surface area contributed by atoms with E-state index in [1.54, 1.807) is 6.92 Å². The molecule has 2 aromatic rings. The number of carbonyl (C=O) groups is 1. The van der Waals surface area contributed by atoms with Crippen LogP contribution < -0.4 is 15.4 Å². The summed E-state index contributed by atoms with van der Waals surface area (Å²) in [5.74, 6) is -0.796. The van der Waals surface area contributed by atoms with Crippen LogP contribution in [0.2, 0.25) is 5.02 Å². The van der Waals surface area contributed by atoms with Crippen LogP contribution in [-0.2, 0) is 18.1 Å². The highest BCUT2D eigenvalue weighted by atomic mass is 35.5. The summed E-state index contributed by atoms with van der Waals surface area (Å²) in [6, 6.07) is 0.135. The molecule has 0 saturated heterocycles. The Balaban J connectivity index is 0.00000162. The third-order valence-corrected chi connectivity index (χ3v) is 7.86. The van der Waals surface area contributed by atoms with Gasteiger partial charge in [0.2, 0.25) is 0 Å². The second kappa shape index (κ2) is 14.8. The third kappa shape index (κ3) is 9.83. The number of pyridine rings is 1. The molecule has 1 amide bonds. The number of halogens is 6. The number of rotatable bonds is 11. The summed E-state index contributed by atoms with van der Waals surface area (Å²) in [7, 11) is 0. The minimum atomic E-state index is -4.41. The number of hydrogen-bond donors (Lipinski definition) is 3. The number of carbonyl (C=O) groups excluding carboxylic acids is 1. The molecule has 17 heteroatoms. The van der Waals surface area contributed by atoms with Crippen molar-refractivity contribution in [3.05, 3.63) is 23.0 Å². The highest BCUT2D eigenvalue weighted by Crippen LogP contribution is 2.41. The Morgan fingerprint density at radius 1 is 1.26 bits per heavy atom. The van der Waals surface area contributed by atoms with Gasteiger partial charge in [-0.2, -0.15) is 35.5 Å². The largest absolute Gasteiger partial charge is 0.434 e. The molecule has 1 atom stereocenters. The maximum absolute atomic E-state index is 13.4. The summed E-state index contributed by atoms with van der Waals surface area (Å²) in [6.07, 6.45) is -0.339. The van der Waals surface area contributed by atoms with E-state index in [9.17, 15) is 31.9 Å². The molecule has 10 nitrogen and oxygen atoms in total. The minimum Gasteiger partial charge on any atom is -0.434 e. The van der Waals surface area contributed by atoms with E-state index in [1.807, 2.05) is 0 Å². The molecule has 43 heavy (non-hydrogen) atoms. The van der Waals surface area contributed by atoms with Crippen LogP contribution in [0.25, 0.3) is 11.3 Å². The van der Waals surface area contributed by atoms with Gasteiger partial charge in [0.1, 0.15) is 11.6 Å². The van der Waals surface area contributed by atoms with Gasteiger partial charge in [-0.25, -0.2) is 4.98 Å². The Morgan fingerprint density at radius 2 is 1.88 bits per heavy atom. The van der Waals surface area contributed by atoms with E-state index in [1.165, 1.54) is 4.68 Å². The zero-order chi connectivity index (χ0) is 31.9. The molecule has 0 bridgehead atoms. The number of aryl methyl sites for hydroxylation is 1. The van der Waals surface area contributed by atoms with Gasteiger partial charge in [0.15, 0.2) is 5.69 Å². The fourth-order valence-corrected chi connectivity index (χ4v) is 5.36. The van der Waals surface area contributed by atoms with Gasteiger partial charge < -0.3 is 20.5 Å². The lowest BCUT2D eigenvalue weighted by Crippen LogP contribution is -2.45. The van der Waals surface area contributed by atoms with E-state index >= 15 is 0 Å². The number of nitrogens with zero attached hydrogens (tertiary/aromatic N) is 3. The van der Waals surface area contributed by atoms with Crippen molar-refractivity contribution in [3.8, 4) is 17.0 Å². The predicted molar refractivity (Wildman–Crippen MR) is 147 cm³/mol. The van der Waals surface area contributed by atoms with Crippen molar-refractivity contribution in [1.29, 1.82) is 0 Å². The maximum atomic E-state index is 13.4. The van der Waals surface area contributed by atoms with Crippen LogP contribution >= 0.6 is 11.6 Å². The molecule has 0 unspecified atom stereocenters. The van der Waals surface area contributed by atoms with Crippen molar-refractivity contribution in [2.75, 3.05) is 11.9 Å². The molecule has 2 fully saturated rings. The SMILES string of the molecule is CCn1nc(C(=O)NCC2(O)CCC(C)CC2)c(Cl)c1-c1cnc(N[C@@H](CC(F)(F)F)C2CC2)cc1OC(F)F.O=S=O. The first-order valence-electron chi connectivity index (χ1n) is 13.7. The van der Waals surface area contributed by atoms with Gasteiger partial charge in [-0.05, 0) is 57.3 Å². The zero-order valence-electron chi connectivity index (χ0n) is 23.4. The number of aromatic nitrogens is 3. The van der Waals surface area contributed by atoms with E-state index in [-0.39, 0.29) is 52.5 Å². The average Bonchev–Trinajstić information content (AvgIpc) is 3.72. The second-order valence-corrected chi connectivity index (χ2v) is 11.4. The van der Waals surface area contributed by atoms with Crippen molar-refractivity contribution >= 4 is 34.9 Å². The number of amides is 1. The molecular formula is C26H33ClF5N5O5S. The summed E-state index contributed by atoms with van der Waals surface area (Å²) < 4.78 is 88.6. The predicted octanol–water partition coefficient (Wildman–Crippen LogP) is 5.36. The van der Waals surface area contributed by atoms with Crippen molar-refractivity contribution in [1.82, 2.24) is 20.1 Å². The van der Waals surface area contributed by atoms with Crippen LogP contribution in [0.1, 0.15) is 69.3 Å². The lowest BCUT2D eigenvalue weighted by molar-refractivity contribution is -0.138. The molecule has 0 aliphatic heterocycles. The molecule has 2 heterocycles. The standard InChI is InChI=1S/C26H33ClF5N5O3.O2S/c1-3-37-22(20(27)21(36-37)23(38)34-13-25(39)8-6-14(2)7-9-25)16-12-33-19(10-18(16)40-24(28)29)35-17(15-4-5-15)11-26(30,31)32;1-3-2/h10,12,14-15,17,24,39H,3-9,11,13H2,1-2H3,(H,33,35)(H,34,38);/t14?,17-,25?;/m0./s1. The number of alkyl halides is 5. The maximum Gasteiger partial charge on any atom is 0.391 e. The van der Waals surface area contributed by atoms with Gasteiger partial charge in [0.25, 0.3) is 5.91 Å². The number of hydrogen-bond acceptors (Lipinski definition) is 8. The molecule has 4 rings (SSSR count). The van der Waals surface area contributed by atoms with E-state index in [0.29, 0.717) is 31.6 Å². The smallest absolute Gasteiger partial charge is 0.391 e. The molecule has 2 saturated carbocycles. The third-order valence-electron chi connectivity index (χ3n) is 7.51. The molecule has 2 aliphatic rings. The number of anilines is 1. The molecule has 0 aromatic carbocycles. The van der Waals surface area contributed by atoms with Crippen molar-refractivity contribution in [3.63, 3.8) is 0 Å². The Labute approximate surface area is 253 Å². The van der Waals surface area contributed by atoms with Gasteiger partial charge in [-0.3, -0.25) is 9.48 Å². The summed E-state index contributed by atoms with van der Waals surface area (Å²) in [6.45, 7) is 0.767. The number of aliphatic hydroxyl groups is 1. The Hall–Kier alpha value is -2.85. The topological polar surface area (TPSA) is 135 Å². The fraction of sp³-hybridized carbons (Fsp3) is 0.654. The Bertz CT molecular complexity index is 1300. The Kier molecular flexibility index (Phi) is 11.9. The molecule has 3 N–H and O–H groups in total. The monoisotopic (exact) mass is 657 g/mol. The molecule has 240 valence electrons. The van der Waals surface area contributed by atoms with Gasteiger partial charge in [-0.1, -0.05) is 18.5 Å². The first-order chi connectivity index (χ1) is 20.2. The normalized spacial score (nSPS) is 21.0. The Morgan fingerprint density at radius 3 is 2.42 bits per heavy atom. The van der Waals surface area contributed by atoms with Crippen LogP contribution in [-0.4, -0.2) is 65.2 Å². The lowest BCUT2D eigenvalue weighted by Gasteiger charge is -2.34. The zero-order valence-corrected chi connectivity index (χ0v) is 25.0. The van der Waals surface area contributed by atoms with Crippen LogP contribution in [0.5, 0.6) is 5.75 Å². The molecule has 2 aromatic heterocycles. The average molecular weight is 658 g/mol. The summed E-state index contributed by atoms with van der Waals surface area (Å²) >= 11 is 5.80. The summed E-state index contributed by atoms with van der Waals surface area (Å²) in [5, 5.41) is 20.3. The molecular weight excluding hydrogens is 625 g/mol. The van der Waals surface area contributed by atoms with Gasteiger partial charge >= 0.3 is 24.4 Å². The molecule has 0 spiro atoms. The lowest BCUT2D eigenvalue weighted by atomic mass is 9.79. The highest BCUT2D eigenvalue weighted by molar-refractivity contribution is 7.51. The first-order valence-corrected chi connectivity index (χ1v) is 14.7. The quantitative estimate of drug-likeness (QED) is 0.275. The first kappa shape index (κ1) is 34.6. The fourth-order valence-electron chi connectivity index (χ4n) is 5.04. The summed E-state index contributed by atoms with van der Waals surface area (Å²) in [5.41, 5.74) is -1.14. The minimum absolute atomic E-state index is 0.00491. The van der Waals surface area contributed by atoms with Crippen LogP contribution in [0.3, 0.4) is 0 Å². The van der Waals surface area contributed by atoms with E-state index < -0.39 is 48.3 Å². The van der Waals surface area contributed by atoms with Crippen molar-refractivity contribution < 1.29 is 45.0 Å². The van der Waals surface area contributed by atoms with Crippen LogP contribution in [0.4, 0.5) is 27.8 Å². The van der Waals surface area contributed by atoms with E-state index in [4.69, 9.17) is 24.8 Å². The summed E-state index contributed by atoms with van der Waals surface area (Å²) in [4.78, 5) is 17.1. The van der Waals surface area contributed by atoms with E-state index in [2.05, 4.69) is 27.6 Å². The number of nitrogens with one attached hydrogen (secondary N) is 2. The van der Waals surface area contributed by atoms with Crippen LogP contribution in [0.15, 0.2) is 12.3 Å². The molecule has 0 radical (unpaired) electrons. The van der Waals surface area contributed by atoms with E-state index in [0.717, 1.165) is 25.1 Å². The van der Waals surface area contributed by atoms with Crippen molar-refractivity contribution in [2.24, 2.45) is 11.8 Å². The van der Waals surface area contributed by atoms with Crippen LogP contribution in [0, 0.1) is 11.8 Å². The molecule has 2 aliphatic carbocycles. The van der Waals surface area contributed by atoms with Gasteiger partial charge in [-0.15, -0.1) is 0 Å².